The van der Waals surface area contributed by atoms with Crippen molar-refractivity contribution in [3.63, 3.8) is 0 Å². The van der Waals surface area contributed by atoms with Crippen molar-refractivity contribution in [1.82, 2.24) is 10.3 Å². The van der Waals surface area contributed by atoms with Crippen molar-refractivity contribution in [2.75, 3.05) is 20.2 Å². The van der Waals surface area contributed by atoms with Crippen molar-refractivity contribution in [3.05, 3.63) is 58.6 Å². The van der Waals surface area contributed by atoms with E-state index in [1.165, 1.54) is 18.4 Å². The quantitative estimate of drug-likeness (QED) is 0.862. The second kappa shape index (κ2) is 7.17. The fourth-order valence-corrected chi connectivity index (χ4v) is 4.05. The van der Waals surface area contributed by atoms with Crippen LogP contribution in [0.5, 0.6) is 11.5 Å². The maximum atomic E-state index is 9.99. The summed E-state index contributed by atoms with van der Waals surface area (Å²) in [6, 6.07) is 14.2. The summed E-state index contributed by atoms with van der Waals surface area (Å²) in [7, 11) is 1.53. The van der Waals surface area contributed by atoms with Crippen molar-refractivity contribution in [1.29, 1.82) is 0 Å². The normalized spacial score (nSPS) is 22.5. The Bertz CT molecular complexity index is 825. The summed E-state index contributed by atoms with van der Waals surface area (Å²) in [5, 5.41) is 14.8. The van der Waals surface area contributed by atoms with E-state index >= 15 is 0 Å². The largest absolute Gasteiger partial charge is 0.503 e. The molecule has 4 rings (SSSR count). The van der Waals surface area contributed by atoms with Crippen molar-refractivity contribution in [2.45, 2.75) is 19.0 Å². The van der Waals surface area contributed by atoms with Gasteiger partial charge in [0.05, 0.1) is 18.2 Å². The number of piperidine rings is 1. The van der Waals surface area contributed by atoms with E-state index in [1.54, 1.807) is 6.07 Å². The second-order valence-corrected chi connectivity index (χ2v) is 7.25. The predicted molar refractivity (Wildman–Crippen MR) is 103 cm³/mol. The van der Waals surface area contributed by atoms with Crippen molar-refractivity contribution in [2.24, 2.45) is 11.0 Å². The molecule has 0 aliphatic carbocycles. The molecule has 5 nitrogen and oxygen atoms in total. The highest BCUT2D eigenvalue weighted by molar-refractivity contribution is 6.32. The molecular weight excluding hydrogens is 350 g/mol. The summed E-state index contributed by atoms with van der Waals surface area (Å²) in [6.07, 6.45) is 0.962. The number of likely N-dealkylation sites (tertiary alicyclic amines) is 1. The fourth-order valence-electron chi connectivity index (χ4n) is 3.83. The molecule has 2 N–H and O–H groups in total. The molecule has 136 valence electrons. The summed E-state index contributed by atoms with van der Waals surface area (Å²) in [5.74, 6) is 0.656. The van der Waals surface area contributed by atoms with Crippen molar-refractivity contribution < 1.29 is 9.84 Å². The van der Waals surface area contributed by atoms with Crippen LogP contribution >= 0.6 is 11.6 Å². The molecule has 2 aliphatic heterocycles. The Labute approximate surface area is 158 Å². The number of halogens is 1. The van der Waals surface area contributed by atoms with Crippen LogP contribution in [0.4, 0.5) is 0 Å². The Hall–Kier alpha value is -2.24. The molecule has 0 saturated carbocycles. The number of methoxy groups -OCH3 is 1. The molecule has 2 aromatic rings. The third-order valence-electron chi connectivity index (χ3n) is 5.20. The number of hydrazone groups is 1. The first-order valence-corrected chi connectivity index (χ1v) is 9.18. The van der Waals surface area contributed by atoms with Gasteiger partial charge < -0.3 is 15.3 Å². The van der Waals surface area contributed by atoms with Gasteiger partial charge in [0.1, 0.15) is 0 Å². The molecule has 2 atom stereocenters. The molecule has 1 fully saturated rings. The average Bonchev–Trinajstić information content (AvgIpc) is 3.08. The molecule has 0 amide bonds. The van der Waals surface area contributed by atoms with Gasteiger partial charge in [0.2, 0.25) is 0 Å². The zero-order chi connectivity index (χ0) is 18.1. The molecule has 1 saturated heterocycles. The Morgan fingerprint density at radius 2 is 2.12 bits per heavy atom. The maximum absolute atomic E-state index is 9.99. The molecule has 2 unspecified atom stereocenters. The molecular formula is C20H22ClN3O2. The lowest BCUT2D eigenvalue weighted by atomic mass is 9.86. The summed E-state index contributed by atoms with van der Waals surface area (Å²) in [4.78, 5) is 2.47. The number of fused-ring (bicyclic) bond motifs is 1. The van der Waals surface area contributed by atoms with E-state index in [4.69, 9.17) is 16.3 Å². The second-order valence-electron chi connectivity index (χ2n) is 6.84. The van der Waals surface area contributed by atoms with Crippen LogP contribution in [0.2, 0.25) is 5.02 Å². The molecule has 26 heavy (non-hydrogen) atoms. The van der Waals surface area contributed by atoms with Gasteiger partial charge in [-0.3, -0.25) is 4.90 Å². The lowest BCUT2D eigenvalue weighted by Crippen LogP contribution is -2.41. The number of benzene rings is 2. The zero-order valence-corrected chi connectivity index (χ0v) is 15.4. The monoisotopic (exact) mass is 371 g/mol. The van der Waals surface area contributed by atoms with E-state index in [2.05, 4.69) is 39.7 Å². The van der Waals surface area contributed by atoms with Crippen LogP contribution < -0.4 is 10.2 Å². The summed E-state index contributed by atoms with van der Waals surface area (Å²) in [6.45, 7) is 2.89. The number of hydrogen-bond acceptors (Lipinski definition) is 5. The van der Waals surface area contributed by atoms with Crippen LogP contribution in [0, 0.1) is 5.92 Å². The highest BCUT2D eigenvalue weighted by atomic mass is 35.5. The Morgan fingerprint density at radius 3 is 2.88 bits per heavy atom. The topological polar surface area (TPSA) is 57.1 Å². The third-order valence-corrected chi connectivity index (χ3v) is 5.48. The number of hydrogen-bond donors (Lipinski definition) is 2. The number of rotatable bonds is 4. The van der Waals surface area contributed by atoms with Crippen molar-refractivity contribution in [3.8, 4) is 11.5 Å². The highest BCUT2D eigenvalue weighted by Crippen LogP contribution is 2.40. The van der Waals surface area contributed by atoms with Crippen LogP contribution in [0.1, 0.15) is 23.6 Å². The number of ether oxygens (including phenoxy) is 1. The van der Waals surface area contributed by atoms with E-state index in [1.807, 2.05) is 12.1 Å². The van der Waals surface area contributed by atoms with Gasteiger partial charge in [-0.1, -0.05) is 41.9 Å². The number of aromatic hydroxyl groups is 1. The van der Waals surface area contributed by atoms with Gasteiger partial charge in [-0.25, -0.2) is 0 Å². The first-order chi connectivity index (χ1) is 12.7. The van der Waals surface area contributed by atoms with Gasteiger partial charge in [-0.2, -0.15) is 5.10 Å². The minimum atomic E-state index is -0.0218. The molecule has 0 aromatic heterocycles. The maximum Gasteiger partial charge on any atom is 0.176 e. The minimum absolute atomic E-state index is 0.0218. The van der Waals surface area contributed by atoms with E-state index in [-0.39, 0.29) is 17.7 Å². The van der Waals surface area contributed by atoms with Gasteiger partial charge in [0.15, 0.2) is 11.5 Å². The van der Waals surface area contributed by atoms with Crippen LogP contribution in [0.3, 0.4) is 0 Å². The lowest BCUT2D eigenvalue weighted by molar-refractivity contribution is 0.220. The number of phenolic OH excluding ortho intramolecular Hbond substituents is 1. The first-order valence-electron chi connectivity index (χ1n) is 8.80. The fraction of sp³-hybridized carbons (Fsp3) is 0.350. The molecule has 0 spiro atoms. The summed E-state index contributed by atoms with van der Waals surface area (Å²) >= 11 is 6.18. The highest BCUT2D eigenvalue weighted by Gasteiger charge is 2.37. The molecule has 6 heteroatoms. The number of nitrogens with one attached hydrogen (secondary N) is 1. The van der Waals surface area contributed by atoms with Crippen LogP contribution in [0.25, 0.3) is 0 Å². The Balaban J connectivity index is 1.54. The van der Waals surface area contributed by atoms with Crippen LogP contribution in [-0.2, 0) is 6.54 Å². The van der Waals surface area contributed by atoms with Gasteiger partial charge in [0, 0.05) is 37.7 Å². The summed E-state index contributed by atoms with van der Waals surface area (Å²) in [5.41, 5.74) is 6.78. The summed E-state index contributed by atoms with van der Waals surface area (Å²) < 4.78 is 5.25. The van der Waals surface area contributed by atoms with Gasteiger partial charge in [-0.15, -0.1) is 0 Å². The van der Waals surface area contributed by atoms with Gasteiger partial charge >= 0.3 is 0 Å². The molecule has 0 bridgehead atoms. The van der Waals surface area contributed by atoms with Crippen molar-refractivity contribution >= 4 is 17.3 Å². The van der Waals surface area contributed by atoms with E-state index in [9.17, 15) is 5.11 Å². The average molecular weight is 372 g/mol. The molecule has 2 heterocycles. The lowest BCUT2D eigenvalue weighted by Gasteiger charge is -2.33. The minimum Gasteiger partial charge on any atom is -0.503 e. The predicted octanol–water partition coefficient (Wildman–Crippen LogP) is 3.58. The number of phenols is 1. The van der Waals surface area contributed by atoms with Crippen LogP contribution in [0.15, 0.2) is 47.6 Å². The zero-order valence-electron chi connectivity index (χ0n) is 14.7. The van der Waals surface area contributed by atoms with Gasteiger partial charge in [0.25, 0.3) is 0 Å². The molecule has 2 aliphatic rings. The SMILES string of the molecule is COc1cc(C2NN=C3CCN(Cc4ccccc4)CC32)cc(Cl)c1O. The standard InChI is InChI=1S/C20H22ClN3O2/c1-26-18-10-14(9-16(21)20(18)25)19-15-12-24(8-7-17(15)22-23-19)11-13-5-3-2-4-6-13/h2-6,9-10,15,19,23,25H,7-8,11-12H2,1H3. The van der Waals surface area contributed by atoms with E-state index in [0.717, 1.165) is 31.6 Å². The first kappa shape index (κ1) is 17.2. The van der Waals surface area contributed by atoms with E-state index in [0.29, 0.717) is 10.8 Å². The third kappa shape index (κ3) is 3.24. The smallest absolute Gasteiger partial charge is 0.176 e. The molecule has 2 aromatic carbocycles. The van der Waals surface area contributed by atoms with Gasteiger partial charge in [-0.05, 0) is 23.3 Å². The Morgan fingerprint density at radius 1 is 1.31 bits per heavy atom. The molecule has 0 radical (unpaired) electrons. The number of nitrogens with zero attached hydrogens (tertiary/aromatic N) is 2. The van der Waals surface area contributed by atoms with Crippen LogP contribution in [-0.4, -0.2) is 35.9 Å². The Kier molecular flexibility index (Phi) is 4.74. The van der Waals surface area contributed by atoms with E-state index < -0.39 is 0 Å².